The maximum Gasteiger partial charge on any atom is 0.335 e. The van der Waals surface area contributed by atoms with E-state index in [4.69, 9.17) is 5.11 Å². The fraction of sp³-hybridized carbons (Fsp3) is 0.318. The van der Waals surface area contributed by atoms with Gasteiger partial charge >= 0.3 is 5.97 Å². The van der Waals surface area contributed by atoms with Gasteiger partial charge in [-0.2, -0.15) is 0 Å². The van der Waals surface area contributed by atoms with Gasteiger partial charge in [0.2, 0.25) is 5.91 Å². The molecule has 2 amide bonds. The summed E-state index contributed by atoms with van der Waals surface area (Å²) < 4.78 is 14.0. The Bertz CT molecular complexity index is 953. The van der Waals surface area contributed by atoms with Gasteiger partial charge in [-0.3, -0.25) is 9.59 Å². The maximum atomic E-state index is 14.0. The summed E-state index contributed by atoms with van der Waals surface area (Å²) in [5, 5.41) is 11.5. The number of aryl methyl sites for hydroxylation is 2. The Hall–Kier alpha value is -3.22. The van der Waals surface area contributed by atoms with Crippen LogP contribution in [0.15, 0.2) is 36.4 Å². The Morgan fingerprint density at radius 1 is 1.07 bits per heavy atom. The number of carbonyl (C=O) groups excluding carboxylic acids is 2. The van der Waals surface area contributed by atoms with Crippen molar-refractivity contribution < 1.29 is 23.9 Å². The molecule has 6 nitrogen and oxygen atoms in total. The molecule has 2 N–H and O–H groups in total. The Balaban J connectivity index is 1.72. The minimum Gasteiger partial charge on any atom is -0.478 e. The van der Waals surface area contributed by atoms with Gasteiger partial charge in [-0.25, -0.2) is 9.18 Å². The van der Waals surface area contributed by atoms with Gasteiger partial charge in [0.15, 0.2) is 0 Å². The number of halogens is 1. The lowest BCUT2D eigenvalue weighted by Gasteiger charge is -2.32. The first-order valence-corrected chi connectivity index (χ1v) is 9.46. The van der Waals surface area contributed by atoms with Crippen LogP contribution < -0.4 is 5.32 Å². The Labute approximate surface area is 168 Å². The number of carboxylic acids is 1. The van der Waals surface area contributed by atoms with Crippen molar-refractivity contribution in [1.29, 1.82) is 0 Å². The summed E-state index contributed by atoms with van der Waals surface area (Å²) in [4.78, 5) is 38.2. The van der Waals surface area contributed by atoms with Crippen LogP contribution >= 0.6 is 0 Å². The van der Waals surface area contributed by atoms with Crippen molar-refractivity contribution in [3.8, 4) is 0 Å². The van der Waals surface area contributed by atoms with Gasteiger partial charge in [-0.1, -0.05) is 17.2 Å². The fourth-order valence-electron chi connectivity index (χ4n) is 3.65. The highest BCUT2D eigenvalue weighted by Gasteiger charge is 2.29. The highest BCUT2D eigenvalue weighted by Crippen LogP contribution is 2.23. The molecule has 0 saturated carbocycles. The minimum absolute atomic E-state index is 0.114. The molecule has 2 aromatic carbocycles. The van der Waals surface area contributed by atoms with Gasteiger partial charge in [-0.15, -0.1) is 0 Å². The first-order chi connectivity index (χ1) is 13.7. The van der Waals surface area contributed by atoms with E-state index in [2.05, 4.69) is 5.32 Å². The molecule has 1 aliphatic heterocycles. The molecular weight excluding hydrogens is 375 g/mol. The summed E-state index contributed by atoms with van der Waals surface area (Å²) in [7, 11) is 0. The van der Waals surface area contributed by atoms with Crippen molar-refractivity contribution in [2.45, 2.75) is 26.7 Å². The van der Waals surface area contributed by atoms with Crippen LogP contribution in [0.25, 0.3) is 0 Å². The number of carbonyl (C=O) groups is 3. The molecule has 3 rings (SSSR count). The lowest BCUT2D eigenvalue weighted by Crippen LogP contribution is -2.43. The fourth-order valence-corrected chi connectivity index (χ4v) is 3.65. The molecule has 1 heterocycles. The zero-order valence-corrected chi connectivity index (χ0v) is 16.4. The van der Waals surface area contributed by atoms with Crippen LogP contribution in [-0.4, -0.2) is 40.9 Å². The Morgan fingerprint density at radius 2 is 1.76 bits per heavy atom. The summed E-state index contributed by atoms with van der Waals surface area (Å²) in [6.07, 6.45) is 1.23. The summed E-state index contributed by atoms with van der Waals surface area (Å²) in [6.45, 7) is 4.64. The number of aromatic carboxylic acids is 1. The molecule has 0 bridgehead atoms. The zero-order valence-electron chi connectivity index (χ0n) is 16.4. The standard InChI is InChI=1S/C22H23FN2O4/c1-13-8-14(2)10-17(9-13)21(27)25-7-3-4-16(12-25)20(26)24-19-11-15(22(28)29)5-6-18(19)23/h5-6,8-11,16H,3-4,7,12H2,1-2H3,(H,24,26)(H,28,29). The van der Waals surface area contributed by atoms with Crippen LogP contribution in [0.3, 0.4) is 0 Å². The number of benzene rings is 2. The molecular formula is C22H23FN2O4. The maximum absolute atomic E-state index is 14.0. The first-order valence-electron chi connectivity index (χ1n) is 9.46. The number of hydrogen-bond donors (Lipinski definition) is 2. The number of nitrogens with one attached hydrogen (secondary N) is 1. The van der Waals surface area contributed by atoms with Gasteiger partial charge < -0.3 is 15.3 Å². The van der Waals surface area contributed by atoms with Gasteiger partial charge in [0.05, 0.1) is 17.2 Å². The van der Waals surface area contributed by atoms with E-state index in [1.807, 2.05) is 32.0 Å². The second-order valence-electron chi connectivity index (χ2n) is 7.46. The number of likely N-dealkylation sites (tertiary alicyclic amines) is 1. The molecule has 0 aliphatic carbocycles. The van der Waals surface area contributed by atoms with E-state index in [0.717, 1.165) is 29.3 Å². The summed E-state index contributed by atoms with van der Waals surface area (Å²) in [6, 6.07) is 8.88. The van der Waals surface area contributed by atoms with Crippen molar-refractivity contribution >= 4 is 23.5 Å². The molecule has 1 aliphatic rings. The van der Waals surface area contributed by atoms with E-state index in [1.54, 1.807) is 4.90 Å². The van der Waals surface area contributed by atoms with Crippen LogP contribution in [-0.2, 0) is 4.79 Å². The largest absolute Gasteiger partial charge is 0.478 e. The number of piperidine rings is 1. The third-order valence-electron chi connectivity index (χ3n) is 5.02. The molecule has 0 aromatic heterocycles. The minimum atomic E-state index is -1.21. The molecule has 1 fully saturated rings. The Morgan fingerprint density at radius 3 is 2.41 bits per heavy atom. The van der Waals surface area contributed by atoms with E-state index in [-0.39, 0.29) is 23.7 Å². The second-order valence-corrected chi connectivity index (χ2v) is 7.46. The molecule has 1 atom stereocenters. The normalized spacial score (nSPS) is 16.4. The van der Waals surface area contributed by atoms with Crippen LogP contribution in [0, 0.1) is 25.6 Å². The van der Waals surface area contributed by atoms with Crippen molar-refractivity contribution in [3.05, 3.63) is 64.5 Å². The topological polar surface area (TPSA) is 86.7 Å². The van der Waals surface area contributed by atoms with E-state index in [1.165, 1.54) is 0 Å². The molecule has 2 aromatic rings. The lowest BCUT2D eigenvalue weighted by atomic mass is 9.96. The highest BCUT2D eigenvalue weighted by atomic mass is 19.1. The van der Waals surface area contributed by atoms with E-state index in [9.17, 15) is 18.8 Å². The van der Waals surface area contributed by atoms with E-state index < -0.39 is 23.6 Å². The van der Waals surface area contributed by atoms with Crippen LogP contribution in [0.5, 0.6) is 0 Å². The zero-order chi connectivity index (χ0) is 21.1. The van der Waals surface area contributed by atoms with E-state index >= 15 is 0 Å². The number of hydrogen-bond acceptors (Lipinski definition) is 3. The molecule has 29 heavy (non-hydrogen) atoms. The SMILES string of the molecule is Cc1cc(C)cc(C(=O)N2CCCC(C(=O)Nc3cc(C(=O)O)ccc3F)C2)c1. The smallest absolute Gasteiger partial charge is 0.335 e. The first kappa shape index (κ1) is 20.5. The van der Waals surface area contributed by atoms with Crippen LogP contribution in [0.1, 0.15) is 44.7 Å². The van der Waals surface area contributed by atoms with Crippen molar-refractivity contribution in [3.63, 3.8) is 0 Å². The summed E-state index contributed by atoms with van der Waals surface area (Å²) in [5.74, 6) is -2.96. The summed E-state index contributed by atoms with van der Waals surface area (Å²) >= 11 is 0. The van der Waals surface area contributed by atoms with Crippen molar-refractivity contribution in [1.82, 2.24) is 4.90 Å². The van der Waals surface area contributed by atoms with Gasteiger partial charge in [0, 0.05) is 18.7 Å². The van der Waals surface area contributed by atoms with Gasteiger partial charge in [0.25, 0.3) is 5.91 Å². The van der Waals surface area contributed by atoms with Crippen molar-refractivity contribution in [2.24, 2.45) is 5.92 Å². The number of rotatable bonds is 4. The average molecular weight is 398 g/mol. The number of nitrogens with zero attached hydrogens (tertiary/aromatic N) is 1. The summed E-state index contributed by atoms with van der Waals surface area (Å²) in [5.41, 5.74) is 2.29. The third-order valence-corrected chi connectivity index (χ3v) is 5.02. The lowest BCUT2D eigenvalue weighted by molar-refractivity contribution is -0.121. The van der Waals surface area contributed by atoms with Gasteiger partial charge in [-0.05, 0) is 57.0 Å². The van der Waals surface area contributed by atoms with Crippen LogP contribution in [0.2, 0.25) is 0 Å². The molecule has 1 unspecified atom stereocenters. The number of amides is 2. The Kier molecular flexibility index (Phi) is 5.96. The average Bonchev–Trinajstić information content (AvgIpc) is 2.68. The predicted molar refractivity (Wildman–Crippen MR) is 107 cm³/mol. The monoisotopic (exact) mass is 398 g/mol. The number of anilines is 1. The molecule has 0 spiro atoms. The molecule has 7 heteroatoms. The quantitative estimate of drug-likeness (QED) is 0.823. The highest BCUT2D eigenvalue weighted by molar-refractivity contribution is 5.97. The molecule has 0 radical (unpaired) electrons. The van der Waals surface area contributed by atoms with Crippen molar-refractivity contribution in [2.75, 3.05) is 18.4 Å². The van der Waals surface area contributed by atoms with Crippen LogP contribution in [0.4, 0.5) is 10.1 Å². The number of carboxylic acid groups (broad SMARTS) is 1. The molecule has 152 valence electrons. The van der Waals surface area contributed by atoms with Gasteiger partial charge in [0.1, 0.15) is 5.82 Å². The third kappa shape index (κ3) is 4.80. The van der Waals surface area contributed by atoms with E-state index in [0.29, 0.717) is 24.9 Å². The molecule has 1 saturated heterocycles. The predicted octanol–water partition coefficient (Wildman–Crippen LogP) is 3.63. The second kappa shape index (κ2) is 8.43.